The Balaban J connectivity index is 1.19. The number of carbonyl (C=O) groups excluding carboxylic acids is 1. The minimum Gasteiger partial charge on any atom is -0.347 e. The molecular formula is C20H29N3O3. The Morgan fingerprint density at radius 2 is 1.54 bits per heavy atom. The molecule has 1 aromatic carbocycles. The molecule has 3 aliphatic heterocycles. The number of hydrogen-bond acceptors (Lipinski definition) is 5. The van der Waals surface area contributed by atoms with Crippen LogP contribution in [0.1, 0.15) is 18.4 Å². The van der Waals surface area contributed by atoms with Crippen molar-refractivity contribution in [1.29, 1.82) is 0 Å². The van der Waals surface area contributed by atoms with E-state index >= 15 is 0 Å². The second kappa shape index (κ2) is 8.05. The Morgan fingerprint density at radius 3 is 2.19 bits per heavy atom. The fraction of sp³-hybridized carbons (Fsp3) is 0.650. The highest BCUT2D eigenvalue weighted by Gasteiger charge is 2.40. The number of carbonyl (C=O) groups is 1. The van der Waals surface area contributed by atoms with Crippen LogP contribution >= 0.6 is 0 Å². The van der Waals surface area contributed by atoms with E-state index in [-0.39, 0.29) is 11.7 Å². The molecule has 0 saturated carbocycles. The van der Waals surface area contributed by atoms with Crippen molar-refractivity contribution in [2.45, 2.75) is 25.2 Å². The molecule has 0 aromatic heterocycles. The van der Waals surface area contributed by atoms with Crippen LogP contribution in [0, 0.1) is 0 Å². The zero-order chi connectivity index (χ0) is 17.8. The monoisotopic (exact) mass is 359 g/mol. The second-order valence-corrected chi connectivity index (χ2v) is 7.53. The number of amides is 1. The van der Waals surface area contributed by atoms with E-state index in [0.717, 1.165) is 58.7 Å². The molecule has 0 atom stereocenters. The van der Waals surface area contributed by atoms with E-state index in [2.05, 4.69) is 34.1 Å². The maximum Gasteiger partial charge on any atom is 0.236 e. The summed E-state index contributed by atoms with van der Waals surface area (Å²) in [6.45, 7) is 8.20. The Hall–Kier alpha value is -1.47. The van der Waals surface area contributed by atoms with Crippen molar-refractivity contribution in [2.24, 2.45) is 0 Å². The highest BCUT2D eigenvalue weighted by Crippen LogP contribution is 2.31. The summed E-state index contributed by atoms with van der Waals surface area (Å²) in [7, 11) is 0. The highest BCUT2D eigenvalue weighted by molar-refractivity contribution is 5.78. The normalized spacial score (nSPS) is 24.2. The third kappa shape index (κ3) is 4.26. The van der Waals surface area contributed by atoms with E-state index < -0.39 is 0 Å². The number of likely N-dealkylation sites (tertiary alicyclic amines) is 1. The van der Waals surface area contributed by atoms with Crippen LogP contribution in [0.2, 0.25) is 0 Å². The second-order valence-electron chi connectivity index (χ2n) is 7.53. The molecule has 1 amide bonds. The smallest absolute Gasteiger partial charge is 0.236 e. The maximum atomic E-state index is 12.6. The summed E-state index contributed by atoms with van der Waals surface area (Å²) in [5.41, 5.74) is 1.34. The van der Waals surface area contributed by atoms with Crippen LogP contribution in [0.3, 0.4) is 0 Å². The molecule has 3 saturated heterocycles. The van der Waals surface area contributed by atoms with E-state index in [0.29, 0.717) is 19.8 Å². The fourth-order valence-corrected chi connectivity index (χ4v) is 4.13. The first-order valence-electron chi connectivity index (χ1n) is 9.77. The van der Waals surface area contributed by atoms with Gasteiger partial charge in [0.15, 0.2) is 5.79 Å². The maximum absolute atomic E-state index is 12.6. The Morgan fingerprint density at radius 1 is 0.885 bits per heavy atom. The quantitative estimate of drug-likeness (QED) is 0.808. The standard InChI is InChI=1S/C20H29N3O3/c24-19(17-21-8-6-20(7-9-21)25-14-15-26-20)23-12-10-22(11-13-23)16-18-4-2-1-3-5-18/h1-5H,6-17H2. The average molecular weight is 359 g/mol. The van der Waals surface area contributed by atoms with Gasteiger partial charge in [0, 0.05) is 58.7 Å². The molecule has 142 valence electrons. The van der Waals surface area contributed by atoms with Gasteiger partial charge in [-0.25, -0.2) is 0 Å². The van der Waals surface area contributed by atoms with Gasteiger partial charge in [-0.1, -0.05) is 30.3 Å². The molecule has 1 aromatic rings. The average Bonchev–Trinajstić information content (AvgIpc) is 3.13. The third-order valence-electron chi connectivity index (χ3n) is 5.76. The summed E-state index contributed by atoms with van der Waals surface area (Å²) in [5, 5.41) is 0. The molecule has 3 heterocycles. The van der Waals surface area contributed by atoms with Crippen LogP contribution in [0.25, 0.3) is 0 Å². The van der Waals surface area contributed by atoms with Crippen molar-refractivity contribution in [1.82, 2.24) is 14.7 Å². The van der Waals surface area contributed by atoms with Crippen LogP contribution in [0.5, 0.6) is 0 Å². The van der Waals surface area contributed by atoms with Crippen molar-refractivity contribution in [3.05, 3.63) is 35.9 Å². The predicted molar refractivity (Wildman–Crippen MR) is 98.6 cm³/mol. The van der Waals surface area contributed by atoms with Gasteiger partial charge in [0.05, 0.1) is 19.8 Å². The molecule has 3 fully saturated rings. The molecule has 6 nitrogen and oxygen atoms in total. The van der Waals surface area contributed by atoms with E-state index in [1.54, 1.807) is 0 Å². The summed E-state index contributed by atoms with van der Waals surface area (Å²) in [4.78, 5) is 19.3. The first-order valence-corrected chi connectivity index (χ1v) is 9.77. The number of piperazine rings is 1. The number of ether oxygens (including phenoxy) is 2. The number of hydrogen-bond donors (Lipinski definition) is 0. The zero-order valence-corrected chi connectivity index (χ0v) is 15.4. The molecule has 0 bridgehead atoms. The van der Waals surface area contributed by atoms with Gasteiger partial charge < -0.3 is 14.4 Å². The number of nitrogens with zero attached hydrogens (tertiary/aromatic N) is 3. The number of piperidine rings is 1. The minimum absolute atomic E-state index is 0.258. The van der Waals surface area contributed by atoms with E-state index in [1.807, 2.05) is 11.0 Å². The molecule has 0 unspecified atom stereocenters. The van der Waals surface area contributed by atoms with Crippen LogP contribution in [-0.4, -0.2) is 85.4 Å². The van der Waals surface area contributed by atoms with Crippen molar-refractivity contribution < 1.29 is 14.3 Å². The van der Waals surface area contributed by atoms with Crippen LogP contribution < -0.4 is 0 Å². The van der Waals surface area contributed by atoms with E-state index in [4.69, 9.17) is 9.47 Å². The van der Waals surface area contributed by atoms with Crippen molar-refractivity contribution in [3.63, 3.8) is 0 Å². The SMILES string of the molecule is O=C(CN1CCC2(CC1)OCCO2)N1CCN(Cc2ccccc2)CC1. The lowest BCUT2D eigenvalue weighted by atomic mass is 10.0. The van der Waals surface area contributed by atoms with Gasteiger partial charge in [0.1, 0.15) is 0 Å². The number of benzene rings is 1. The van der Waals surface area contributed by atoms with Gasteiger partial charge in [-0.05, 0) is 5.56 Å². The Labute approximate surface area is 155 Å². The molecule has 26 heavy (non-hydrogen) atoms. The van der Waals surface area contributed by atoms with Gasteiger partial charge >= 0.3 is 0 Å². The summed E-state index contributed by atoms with van der Waals surface area (Å²) in [6, 6.07) is 10.5. The summed E-state index contributed by atoms with van der Waals surface area (Å²) >= 11 is 0. The van der Waals surface area contributed by atoms with Gasteiger partial charge in [-0.3, -0.25) is 14.6 Å². The van der Waals surface area contributed by atoms with Gasteiger partial charge in [0.2, 0.25) is 5.91 Å². The summed E-state index contributed by atoms with van der Waals surface area (Å²) < 4.78 is 11.5. The molecule has 0 N–H and O–H groups in total. The lowest BCUT2D eigenvalue weighted by Gasteiger charge is -2.39. The van der Waals surface area contributed by atoms with Crippen LogP contribution in [-0.2, 0) is 20.8 Å². The lowest BCUT2D eigenvalue weighted by molar-refractivity contribution is -0.186. The minimum atomic E-state index is -0.359. The fourth-order valence-electron chi connectivity index (χ4n) is 4.13. The first-order chi connectivity index (χ1) is 12.7. The summed E-state index contributed by atoms with van der Waals surface area (Å²) in [6.07, 6.45) is 1.73. The van der Waals surface area contributed by atoms with Crippen molar-refractivity contribution >= 4 is 5.91 Å². The molecular weight excluding hydrogens is 330 g/mol. The Bertz CT molecular complexity index is 586. The molecule has 0 radical (unpaired) electrons. The van der Waals surface area contributed by atoms with Crippen molar-refractivity contribution in [3.8, 4) is 0 Å². The molecule has 1 spiro atoms. The lowest BCUT2D eigenvalue weighted by Crippen LogP contribution is -2.53. The summed E-state index contributed by atoms with van der Waals surface area (Å²) in [5.74, 6) is -0.101. The van der Waals surface area contributed by atoms with E-state index in [9.17, 15) is 4.79 Å². The number of rotatable bonds is 4. The van der Waals surface area contributed by atoms with Crippen LogP contribution in [0.4, 0.5) is 0 Å². The molecule has 4 rings (SSSR count). The molecule has 6 heteroatoms. The Kier molecular flexibility index (Phi) is 5.55. The largest absolute Gasteiger partial charge is 0.347 e. The molecule has 3 aliphatic rings. The topological polar surface area (TPSA) is 45.3 Å². The van der Waals surface area contributed by atoms with Gasteiger partial charge in [-0.15, -0.1) is 0 Å². The van der Waals surface area contributed by atoms with Crippen molar-refractivity contribution in [2.75, 3.05) is 59.0 Å². The molecule has 0 aliphatic carbocycles. The van der Waals surface area contributed by atoms with Gasteiger partial charge in [-0.2, -0.15) is 0 Å². The predicted octanol–water partition coefficient (Wildman–Crippen LogP) is 1.17. The third-order valence-corrected chi connectivity index (χ3v) is 5.76. The van der Waals surface area contributed by atoms with E-state index in [1.165, 1.54) is 5.56 Å². The van der Waals surface area contributed by atoms with Crippen LogP contribution in [0.15, 0.2) is 30.3 Å². The highest BCUT2D eigenvalue weighted by atomic mass is 16.7. The van der Waals surface area contributed by atoms with Gasteiger partial charge in [0.25, 0.3) is 0 Å². The first kappa shape index (κ1) is 17.9. The zero-order valence-electron chi connectivity index (χ0n) is 15.4.